The summed E-state index contributed by atoms with van der Waals surface area (Å²) in [5, 5.41) is 6.60. The van der Waals surface area contributed by atoms with Gasteiger partial charge in [0.1, 0.15) is 5.54 Å². The zero-order chi connectivity index (χ0) is 19.2. The molecule has 27 heavy (non-hydrogen) atoms. The molecule has 2 aliphatic rings. The maximum Gasteiger partial charge on any atom is 0.325 e. The molecule has 2 fully saturated rings. The zero-order valence-corrected chi connectivity index (χ0v) is 15.3. The SMILES string of the molecule is CC(C)CN1C(=O)NC(=O)C12CCN(C(=O)c1nc3ncccn3n1)CC2. The summed E-state index contributed by atoms with van der Waals surface area (Å²) in [5.41, 5.74) is -0.869. The number of carbonyl (C=O) groups is 3. The molecule has 2 saturated heterocycles. The van der Waals surface area contributed by atoms with Gasteiger partial charge < -0.3 is 9.80 Å². The molecule has 2 aliphatic heterocycles. The zero-order valence-electron chi connectivity index (χ0n) is 15.3. The summed E-state index contributed by atoms with van der Waals surface area (Å²) in [6.07, 6.45) is 4.06. The standard InChI is InChI=1S/C17H21N7O3/c1-11(2)10-23-16(27)20-14(26)17(23)4-8-22(9-5-17)13(25)12-19-15-18-6-3-7-24(15)21-12/h3,6-7,11H,4-5,8-10H2,1-2H3,(H,20,26,27). The third kappa shape index (κ3) is 2.81. The van der Waals surface area contributed by atoms with Gasteiger partial charge in [0.15, 0.2) is 0 Å². The fraction of sp³-hybridized carbons (Fsp3) is 0.529. The molecule has 10 heteroatoms. The lowest BCUT2D eigenvalue weighted by Gasteiger charge is -2.42. The van der Waals surface area contributed by atoms with Crippen molar-refractivity contribution in [2.24, 2.45) is 5.92 Å². The molecule has 2 aromatic heterocycles. The average Bonchev–Trinajstić information content (AvgIpc) is 3.17. The Bertz CT molecular complexity index is 881. The van der Waals surface area contributed by atoms with E-state index in [1.165, 1.54) is 4.52 Å². The predicted octanol–water partition coefficient (Wildman–Crippen LogP) is 0.307. The summed E-state index contributed by atoms with van der Waals surface area (Å²) in [7, 11) is 0. The molecule has 0 saturated carbocycles. The van der Waals surface area contributed by atoms with E-state index < -0.39 is 5.54 Å². The van der Waals surface area contributed by atoms with Crippen molar-refractivity contribution in [3.63, 3.8) is 0 Å². The molecule has 142 valence electrons. The van der Waals surface area contributed by atoms with E-state index in [1.807, 2.05) is 13.8 Å². The first-order valence-corrected chi connectivity index (χ1v) is 9.00. The number of amides is 4. The van der Waals surface area contributed by atoms with E-state index in [0.717, 1.165) is 0 Å². The topological polar surface area (TPSA) is 113 Å². The van der Waals surface area contributed by atoms with Crippen molar-refractivity contribution in [1.82, 2.24) is 34.7 Å². The molecule has 1 N–H and O–H groups in total. The highest BCUT2D eigenvalue weighted by atomic mass is 16.2. The number of nitrogens with zero attached hydrogens (tertiary/aromatic N) is 6. The van der Waals surface area contributed by atoms with E-state index in [4.69, 9.17) is 0 Å². The first kappa shape index (κ1) is 17.4. The smallest absolute Gasteiger partial charge is 0.325 e. The number of urea groups is 1. The van der Waals surface area contributed by atoms with Crippen LogP contribution in [-0.2, 0) is 4.79 Å². The highest BCUT2D eigenvalue weighted by Crippen LogP contribution is 2.34. The van der Waals surface area contributed by atoms with Crippen LogP contribution in [0.3, 0.4) is 0 Å². The van der Waals surface area contributed by atoms with E-state index in [9.17, 15) is 14.4 Å². The highest BCUT2D eigenvalue weighted by molar-refractivity contribution is 6.07. The Morgan fingerprint density at radius 1 is 1.30 bits per heavy atom. The molecule has 0 atom stereocenters. The molecule has 0 bridgehead atoms. The molecule has 4 rings (SSSR count). The number of carbonyl (C=O) groups excluding carboxylic acids is 3. The maximum atomic E-state index is 12.8. The van der Waals surface area contributed by atoms with Gasteiger partial charge in [-0.25, -0.2) is 14.3 Å². The number of imide groups is 1. The molecular weight excluding hydrogens is 350 g/mol. The molecule has 0 aliphatic carbocycles. The van der Waals surface area contributed by atoms with E-state index in [2.05, 4.69) is 20.4 Å². The summed E-state index contributed by atoms with van der Waals surface area (Å²) in [6.45, 7) is 5.23. The van der Waals surface area contributed by atoms with Crippen molar-refractivity contribution < 1.29 is 14.4 Å². The first-order valence-electron chi connectivity index (χ1n) is 9.00. The number of nitrogens with one attached hydrogen (secondary N) is 1. The predicted molar refractivity (Wildman–Crippen MR) is 93.7 cm³/mol. The summed E-state index contributed by atoms with van der Waals surface area (Å²) in [4.78, 5) is 49.0. The van der Waals surface area contributed by atoms with Gasteiger partial charge in [-0.1, -0.05) is 13.8 Å². The summed E-state index contributed by atoms with van der Waals surface area (Å²) in [5.74, 6) is 0.118. The van der Waals surface area contributed by atoms with Crippen molar-refractivity contribution in [3.05, 3.63) is 24.3 Å². The van der Waals surface area contributed by atoms with Gasteiger partial charge in [-0.15, -0.1) is 5.10 Å². The molecule has 4 heterocycles. The Balaban J connectivity index is 1.51. The van der Waals surface area contributed by atoms with Crippen LogP contribution in [0.1, 0.15) is 37.3 Å². The molecule has 0 radical (unpaired) electrons. The van der Waals surface area contributed by atoms with E-state index in [0.29, 0.717) is 38.3 Å². The Kier molecular flexibility index (Phi) is 4.05. The highest BCUT2D eigenvalue weighted by Gasteiger charge is 2.54. The van der Waals surface area contributed by atoms with Crippen molar-refractivity contribution in [3.8, 4) is 0 Å². The fourth-order valence-electron chi connectivity index (χ4n) is 3.76. The number of aromatic nitrogens is 4. The van der Waals surface area contributed by atoms with E-state index >= 15 is 0 Å². The number of fused-ring (bicyclic) bond motifs is 1. The number of likely N-dealkylation sites (tertiary alicyclic amines) is 1. The third-order valence-corrected chi connectivity index (χ3v) is 5.14. The van der Waals surface area contributed by atoms with Gasteiger partial charge in [0, 0.05) is 32.0 Å². The van der Waals surface area contributed by atoms with Crippen LogP contribution in [0, 0.1) is 5.92 Å². The monoisotopic (exact) mass is 371 g/mol. The van der Waals surface area contributed by atoms with Crippen LogP contribution in [-0.4, -0.2) is 72.4 Å². The minimum Gasteiger partial charge on any atom is -0.336 e. The lowest BCUT2D eigenvalue weighted by atomic mass is 9.85. The van der Waals surface area contributed by atoms with Crippen LogP contribution >= 0.6 is 0 Å². The molecular formula is C17H21N7O3. The van der Waals surface area contributed by atoms with Gasteiger partial charge in [-0.2, -0.15) is 4.98 Å². The third-order valence-electron chi connectivity index (χ3n) is 5.14. The van der Waals surface area contributed by atoms with Gasteiger partial charge in [-0.3, -0.25) is 14.9 Å². The number of rotatable bonds is 3. The Hall–Kier alpha value is -3.04. The van der Waals surface area contributed by atoms with Crippen LogP contribution in [0.2, 0.25) is 0 Å². The van der Waals surface area contributed by atoms with Crippen molar-refractivity contribution in [2.45, 2.75) is 32.2 Å². The molecule has 0 unspecified atom stereocenters. The average molecular weight is 371 g/mol. The maximum absolute atomic E-state index is 12.8. The van der Waals surface area contributed by atoms with Crippen LogP contribution in [0.5, 0.6) is 0 Å². The summed E-state index contributed by atoms with van der Waals surface area (Å²) < 4.78 is 1.45. The van der Waals surface area contributed by atoms with Crippen LogP contribution in [0.4, 0.5) is 4.79 Å². The Labute approximate surface area is 155 Å². The number of hydrogen-bond acceptors (Lipinski definition) is 6. The summed E-state index contributed by atoms with van der Waals surface area (Å²) >= 11 is 0. The minimum absolute atomic E-state index is 0.0793. The molecule has 1 spiro atoms. The van der Waals surface area contributed by atoms with Gasteiger partial charge in [0.2, 0.25) is 5.82 Å². The molecule has 2 aromatic rings. The largest absolute Gasteiger partial charge is 0.336 e. The number of piperidine rings is 1. The van der Waals surface area contributed by atoms with Gasteiger partial charge in [0.05, 0.1) is 0 Å². The second kappa shape index (κ2) is 6.29. The van der Waals surface area contributed by atoms with Crippen LogP contribution < -0.4 is 5.32 Å². The second-order valence-electron chi connectivity index (χ2n) is 7.39. The second-order valence-corrected chi connectivity index (χ2v) is 7.39. The van der Waals surface area contributed by atoms with Crippen molar-refractivity contribution >= 4 is 23.6 Å². The van der Waals surface area contributed by atoms with E-state index in [-0.39, 0.29) is 29.6 Å². The minimum atomic E-state index is -0.869. The van der Waals surface area contributed by atoms with Crippen LogP contribution in [0.15, 0.2) is 18.5 Å². The van der Waals surface area contributed by atoms with Crippen molar-refractivity contribution in [2.75, 3.05) is 19.6 Å². The van der Waals surface area contributed by atoms with Gasteiger partial charge in [0.25, 0.3) is 17.6 Å². The molecule has 10 nitrogen and oxygen atoms in total. The van der Waals surface area contributed by atoms with Gasteiger partial charge in [-0.05, 0) is 24.8 Å². The first-order chi connectivity index (χ1) is 12.9. The Morgan fingerprint density at radius 3 is 2.70 bits per heavy atom. The molecule has 0 aromatic carbocycles. The molecule has 4 amide bonds. The fourth-order valence-corrected chi connectivity index (χ4v) is 3.76. The Morgan fingerprint density at radius 2 is 2.04 bits per heavy atom. The normalized spacial score (nSPS) is 19.4. The summed E-state index contributed by atoms with van der Waals surface area (Å²) in [6, 6.07) is 1.36. The van der Waals surface area contributed by atoms with Gasteiger partial charge >= 0.3 is 6.03 Å². The lowest BCUT2D eigenvalue weighted by molar-refractivity contribution is -0.129. The number of hydrogen-bond donors (Lipinski definition) is 1. The lowest BCUT2D eigenvalue weighted by Crippen LogP contribution is -2.58. The van der Waals surface area contributed by atoms with Crippen molar-refractivity contribution in [1.29, 1.82) is 0 Å². The quantitative estimate of drug-likeness (QED) is 0.777. The van der Waals surface area contributed by atoms with E-state index in [1.54, 1.807) is 28.3 Å². The van der Waals surface area contributed by atoms with Crippen LogP contribution in [0.25, 0.3) is 5.78 Å².